The van der Waals surface area contributed by atoms with Crippen molar-refractivity contribution < 1.29 is 9.53 Å². The van der Waals surface area contributed by atoms with Gasteiger partial charge in [-0.25, -0.2) is 0 Å². The van der Waals surface area contributed by atoms with Crippen LogP contribution < -0.4 is 5.32 Å². The molecule has 0 aliphatic heterocycles. The van der Waals surface area contributed by atoms with Crippen molar-refractivity contribution in [3.63, 3.8) is 0 Å². The Bertz CT molecular complexity index is 115. The first-order chi connectivity index (χ1) is 5.24. The van der Waals surface area contributed by atoms with Crippen LogP contribution in [-0.4, -0.2) is 26.2 Å². The lowest BCUT2D eigenvalue weighted by molar-refractivity contribution is -0.141. The molecule has 0 aromatic heterocycles. The maximum Gasteiger partial charge on any atom is 0.307 e. The molecule has 0 aliphatic carbocycles. The molecule has 3 nitrogen and oxygen atoms in total. The first kappa shape index (κ1) is 10.4. The number of rotatable bonds is 5. The zero-order valence-corrected chi connectivity index (χ0v) is 7.52. The van der Waals surface area contributed by atoms with Gasteiger partial charge in [-0.2, -0.15) is 0 Å². The Kier molecular flexibility index (Phi) is 5.84. The molecule has 0 saturated carbocycles. The summed E-state index contributed by atoms with van der Waals surface area (Å²) in [4.78, 5) is 10.8. The molecule has 0 heterocycles. The highest BCUT2D eigenvalue weighted by Crippen LogP contribution is 2.01. The summed E-state index contributed by atoms with van der Waals surface area (Å²) in [7, 11) is 3.28. The Morgan fingerprint density at radius 3 is 2.64 bits per heavy atom. The van der Waals surface area contributed by atoms with Gasteiger partial charge in [0.2, 0.25) is 0 Å². The van der Waals surface area contributed by atoms with Crippen molar-refractivity contribution in [2.45, 2.75) is 32.2 Å². The minimum Gasteiger partial charge on any atom is -0.469 e. The third-order valence-corrected chi connectivity index (χ3v) is 1.69. The van der Waals surface area contributed by atoms with E-state index in [1.165, 1.54) is 7.11 Å². The lowest BCUT2D eigenvalue weighted by atomic mass is 10.1. The molecule has 1 N–H and O–H groups in total. The summed E-state index contributed by atoms with van der Waals surface area (Å²) in [6, 6.07) is 0.271. The normalized spacial score (nSPS) is 12.6. The molecular weight excluding hydrogens is 142 g/mol. The largest absolute Gasteiger partial charge is 0.469 e. The average molecular weight is 159 g/mol. The molecule has 0 aromatic rings. The monoisotopic (exact) mass is 159 g/mol. The molecule has 0 amide bonds. The molecule has 0 saturated heterocycles. The van der Waals surface area contributed by atoms with Crippen molar-refractivity contribution in [2.75, 3.05) is 14.2 Å². The number of esters is 1. The van der Waals surface area contributed by atoms with Crippen LogP contribution >= 0.6 is 0 Å². The number of hydrogen-bond donors (Lipinski definition) is 1. The summed E-state index contributed by atoms with van der Waals surface area (Å²) in [5.74, 6) is -0.141. The van der Waals surface area contributed by atoms with Crippen LogP contribution in [0.2, 0.25) is 0 Å². The van der Waals surface area contributed by atoms with E-state index in [9.17, 15) is 4.79 Å². The second-order valence-corrected chi connectivity index (χ2v) is 2.55. The highest BCUT2D eigenvalue weighted by molar-refractivity contribution is 5.69. The van der Waals surface area contributed by atoms with E-state index in [0.717, 1.165) is 12.8 Å². The third-order valence-electron chi connectivity index (χ3n) is 1.69. The molecule has 0 rings (SSSR count). The minimum atomic E-state index is -0.141. The molecule has 0 spiro atoms. The smallest absolute Gasteiger partial charge is 0.307 e. The lowest BCUT2D eigenvalue weighted by Gasteiger charge is -2.12. The van der Waals surface area contributed by atoms with Crippen LogP contribution in [0.3, 0.4) is 0 Å². The van der Waals surface area contributed by atoms with Crippen LogP contribution in [0.5, 0.6) is 0 Å². The zero-order chi connectivity index (χ0) is 8.69. The van der Waals surface area contributed by atoms with Crippen LogP contribution in [0.25, 0.3) is 0 Å². The quantitative estimate of drug-likeness (QED) is 0.607. The van der Waals surface area contributed by atoms with Gasteiger partial charge >= 0.3 is 5.97 Å². The Hall–Kier alpha value is -0.570. The number of nitrogens with one attached hydrogen (secondary N) is 1. The number of ether oxygens (including phenoxy) is 1. The van der Waals surface area contributed by atoms with Crippen LogP contribution in [0, 0.1) is 0 Å². The Balaban J connectivity index is 3.58. The molecule has 0 aromatic carbocycles. The Labute approximate surface area is 68.1 Å². The SMILES string of the molecule is CCCC(CC(=O)OC)NC. The fourth-order valence-corrected chi connectivity index (χ4v) is 0.981. The molecule has 66 valence electrons. The molecule has 0 aliphatic rings. The standard InChI is InChI=1S/C8H17NO2/c1-4-5-7(9-2)6-8(10)11-3/h7,9H,4-6H2,1-3H3. The van der Waals surface area contributed by atoms with E-state index in [4.69, 9.17) is 0 Å². The fraction of sp³-hybridized carbons (Fsp3) is 0.875. The van der Waals surface area contributed by atoms with Crippen molar-refractivity contribution in [1.29, 1.82) is 0 Å². The molecular formula is C8H17NO2. The van der Waals surface area contributed by atoms with Crippen LogP contribution in [0.15, 0.2) is 0 Å². The summed E-state index contributed by atoms with van der Waals surface area (Å²) in [5.41, 5.74) is 0. The van der Waals surface area contributed by atoms with E-state index in [-0.39, 0.29) is 12.0 Å². The summed E-state index contributed by atoms with van der Waals surface area (Å²) in [6.45, 7) is 2.10. The summed E-state index contributed by atoms with van der Waals surface area (Å²) >= 11 is 0. The summed E-state index contributed by atoms with van der Waals surface area (Å²) < 4.78 is 4.55. The van der Waals surface area contributed by atoms with Crippen LogP contribution in [0.1, 0.15) is 26.2 Å². The first-order valence-corrected chi connectivity index (χ1v) is 3.98. The van der Waals surface area contributed by atoms with Crippen LogP contribution in [0.4, 0.5) is 0 Å². The summed E-state index contributed by atoms with van der Waals surface area (Å²) in [6.07, 6.45) is 2.58. The molecule has 1 unspecified atom stereocenters. The number of carbonyl (C=O) groups excluding carboxylic acids is 1. The van der Waals surface area contributed by atoms with Gasteiger partial charge in [-0.05, 0) is 13.5 Å². The van der Waals surface area contributed by atoms with E-state index >= 15 is 0 Å². The maximum atomic E-state index is 10.8. The molecule has 0 radical (unpaired) electrons. The van der Waals surface area contributed by atoms with Gasteiger partial charge in [0.25, 0.3) is 0 Å². The van der Waals surface area contributed by atoms with Gasteiger partial charge in [-0.15, -0.1) is 0 Å². The van der Waals surface area contributed by atoms with Crippen molar-refractivity contribution in [3.8, 4) is 0 Å². The van der Waals surface area contributed by atoms with E-state index < -0.39 is 0 Å². The highest BCUT2D eigenvalue weighted by Gasteiger charge is 2.10. The molecule has 3 heteroatoms. The fourth-order valence-electron chi connectivity index (χ4n) is 0.981. The maximum absolute atomic E-state index is 10.8. The van der Waals surface area contributed by atoms with Gasteiger partial charge in [0.15, 0.2) is 0 Å². The average Bonchev–Trinajstić information content (AvgIpc) is 2.03. The van der Waals surface area contributed by atoms with E-state index in [0.29, 0.717) is 6.42 Å². The number of carbonyl (C=O) groups is 1. The topological polar surface area (TPSA) is 38.3 Å². The minimum absolute atomic E-state index is 0.141. The van der Waals surface area contributed by atoms with Gasteiger partial charge in [0, 0.05) is 6.04 Å². The van der Waals surface area contributed by atoms with Gasteiger partial charge in [-0.3, -0.25) is 4.79 Å². The molecule has 0 bridgehead atoms. The van der Waals surface area contributed by atoms with Gasteiger partial charge in [0.1, 0.15) is 0 Å². The first-order valence-electron chi connectivity index (χ1n) is 3.98. The zero-order valence-electron chi connectivity index (χ0n) is 7.52. The van der Waals surface area contributed by atoms with Crippen molar-refractivity contribution >= 4 is 5.97 Å². The van der Waals surface area contributed by atoms with Crippen molar-refractivity contribution in [2.24, 2.45) is 0 Å². The van der Waals surface area contributed by atoms with E-state index in [1.54, 1.807) is 0 Å². The highest BCUT2D eigenvalue weighted by atomic mass is 16.5. The van der Waals surface area contributed by atoms with Crippen molar-refractivity contribution in [3.05, 3.63) is 0 Å². The van der Waals surface area contributed by atoms with Gasteiger partial charge in [-0.1, -0.05) is 13.3 Å². The molecule has 0 fully saturated rings. The van der Waals surface area contributed by atoms with Crippen molar-refractivity contribution in [1.82, 2.24) is 5.32 Å². The third kappa shape index (κ3) is 4.79. The number of methoxy groups -OCH3 is 1. The van der Waals surface area contributed by atoms with Gasteiger partial charge in [0.05, 0.1) is 13.5 Å². The Morgan fingerprint density at radius 2 is 2.27 bits per heavy atom. The molecule has 1 atom stereocenters. The number of hydrogen-bond acceptors (Lipinski definition) is 3. The van der Waals surface area contributed by atoms with Crippen LogP contribution in [-0.2, 0) is 9.53 Å². The Morgan fingerprint density at radius 1 is 1.64 bits per heavy atom. The van der Waals surface area contributed by atoms with Gasteiger partial charge < -0.3 is 10.1 Å². The van der Waals surface area contributed by atoms with E-state index in [1.807, 2.05) is 7.05 Å². The second-order valence-electron chi connectivity index (χ2n) is 2.55. The second kappa shape index (κ2) is 6.16. The van der Waals surface area contributed by atoms with E-state index in [2.05, 4.69) is 17.0 Å². The predicted molar refractivity (Wildman–Crippen MR) is 44.4 cm³/mol. The summed E-state index contributed by atoms with van der Waals surface area (Å²) in [5, 5.41) is 3.07. The lowest BCUT2D eigenvalue weighted by Crippen LogP contribution is -2.28. The molecule has 11 heavy (non-hydrogen) atoms. The predicted octanol–water partition coefficient (Wildman–Crippen LogP) is 0.938.